The molecule has 1 aromatic heterocycles. The van der Waals surface area contributed by atoms with Gasteiger partial charge in [0.25, 0.3) is 5.91 Å². The maximum absolute atomic E-state index is 13.1. The van der Waals surface area contributed by atoms with Crippen molar-refractivity contribution in [1.29, 1.82) is 0 Å². The first-order valence-corrected chi connectivity index (χ1v) is 6.87. The molecule has 0 aliphatic carbocycles. The normalized spacial score (nSPS) is 10.3. The fourth-order valence-corrected chi connectivity index (χ4v) is 2.02. The Morgan fingerprint density at radius 3 is 2.76 bits per heavy atom. The van der Waals surface area contributed by atoms with Gasteiger partial charge in [-0.05, 0) is 49.7 Å². The second-order valence-electron chi connectivity index (χ2n) is 4.47. The van der Waals surface area contributed by atoms with Crippen LogP contribution in [0.3, 0.4) is 0 Å². The van der Waals surface area contributed by atoms with Gasteiger partial charge in [0, 0.05) is 12.2 Å². The molecule has 0 radical (unpaired) electrons. The number of nitrogens with zero attached hydrogens (tertiary/aromatic N) is 1. The van der Waals surface area contributed by atoms with Gasteiger partial charge >= 0.3 is 0 Å². The van der Waals surface area contributed by atoms with Gasteiger partial charge in [-0.25, -0.2) is 9.37 Å². The second kappa shape index (κ2) is 6.54. The number of carbonyl (C=O) groups excluding carboxylic acids is 1. The van der Waals surface area contributed by atoms with E-state index in [1.165, 1.54) is 18.2 Å². The van der Waals surface area contributed by atoms with Crippen LogP contribution in [0.25, 0.3) is 0 Å². The first-order valence-electron chi connectivity index (χ1n) is 6.49. The number of hydrogen-bond acceptors (Lipinski definition) is 3. The smallest absolute Gasteiger partial charge is 0.275 e. The molecular weight excluding hydrogens is 293 g/mol. The average molecular weight is 308 g/mol. The molecule has 0 aliphatic rings. The molecule has 0 fully saturated rings. The van der Waals surface area contributed by atoms with E-state index in [0.717, 1.165) is 0 Å². The largest absolute Gasteiger partial charge is 0.370 e. The Bertz CT molecular complexity index is 676. The lowest BCUT2D eigenvalue weighted by molar-refractivity contribution is 0.102. The molecule has 0 bridgehead atoms. The summed E-state index contributed by atoms with van der Waals surface area (Å²) in [6.07, 6.45) is 0. The van der Waals surface area contributed by atoms with E-state index < -0.39 is 5.91 Å². The summed E-state index contributed by atoms with van der Waals surface area (Å²) in [5.74, 6) is -0.215. The monoisotopic (exact) mass is 307 g/mol. The lowest BCUT2D eigenvalue weighted by atomic mass is 10.2. The molecule has 0 spiro atoms. The summed E-state index contributed by atoms with van der Waals surface area (Å²) in [6.45, 7) is 4.33. The summed E-state index contributed by atoms with van der Waals surface area (Å²) in [7, 11) is 0. The molecule has 0 unspecified atom stereocenters. The molecule has 1 amide bonds. The Labute approximate surface area is 127 Å². The number of carbonyl (C=O) groups is 1. The highest BCUT2D eigenvalue weighted by atomic mass is 35.5. The van der Waals surface area contributed by atoms with Crippen molar-refractivity contribution in [2.45, 2.75) is 13.8 Å². The van der Waals surface area contributed by atoms with Crippen molar-refractivity contribution >= 4 is 29.0 Å². The van der Waals surface area contributed by atoms with Crippen LogP contribution in [-0.4, -0.2) is 17.4 Å². The van der Waals surface area contributed by atoms with Crippen molar-refractivity contribution in [2.24, 2.45) is 0 Å². The highest BCUT2D eigenvalue weighted by molar-refractivity contribution is 6.34. The molecule has 0 saturated carbocycles. The first kappa shape index (κ1) is 15.3. The topological polar surface area (TPSA) is 54.0 Å². The van der Waals surface area contributed by atoms with Gasteiger partial charge in [0.05, 0.1) is 5.02 Å². The third-order valence-electron chi connectivity index (χ3n) is 2.86. The van der Waals surface area contributed by atoms with Gasteiger partial charge in [0.1, 0.15) is 17.3 Å². The number of benzene rings is 1. The van der Waals surface area contributed by atoms with Gasteiger partial charge in [-0.15, -0.1) is 0 Å². The number of pyridine rings is 1. The summed E-state index contributed by atoms with van der Waals surface area (Å²) < 4.78 is 13.1. The summed E-state index contributed by atoms with van der Waals surface area (Å²) >= 11 is 6.01. The molecule has 0 atom stereocenters. The summed E-state index contributed by atoms with van der Waals surface area (Å²) in [5, 5.41) is 5.96. The lowest BCUT2D eigenvalue weighted by Gasteiger charge is -2.10. The van der Waals surface area contributed by atoms with E-state index in [1.54, 1.807) is 19.1 Å². The quantitative estimate of drug-likeness (QED) is 0.901. The van der Waals surface area contributed by atoms with Crippen molar-refractivity contribution in [2.75, 3.05) is 17.2 Å². The van der Waals surface area contributed by atoms with Gasteiger partial charge in [-0.2, -0.15) is 0 Å². The zero-order valence-corrected chi connectivity index (χ0v) is 12.5. The molecule has 1 aromatic carbocycles. The summed E-state index contributed by atoms with van der Waals surface area (Å²) in [4.78, 5) is 16.4. The van der Waals surface area contributed by atoms with Crippen LogP contribution in [0.4, 0.5) is 15.9 Å². The minimum Gasteiger partial charge on any atom is -0.370 e. The van der Waals surface area contributed by atoms with Crippen LogP contribution in [0, 0.1) is 12.7 Å². The van der Waals surface area contributed by atoms with E-state index in [4.69, 9.17) is 11.6 Å². The number of anilines is 2. The van der Waals surface area contributed by atoms with E-state index in [-0.39, 0.29) is 16.5 Å². The predicted molar refractivity (Wildman–Crippen MR) is 82.5 cm³/mol. The third-order valence-corrected chi connectivity index (χ3v) is 3.16. The van der Waals surface area contributed by atoms with Crippen LogP contribution in [-0.2, 0) is 0 Å². The van der Waals surface area contributed by atoms with Crippen LogP contribution < -0.4 is 10.6 Å². The van der Waals surface area contributed by atoms with Crippen molar-refractivity contribution < 1.29 is 9.18 Å². The molecule has 21 heavy (non-hydrogen) atoms. The van der Waals surface area contributed by atoms with Crippen LogP contribution >= 0.6 is 11.6 Å². The minimum atomic E-state index is -0.436. The molecule has 0 saturated heterocycles. The van der Waals surface area contributed by atoms with Gasteiger partial charge < -0.3 is 10.6 Å². The molecule has 1 heterocycles. The maximum Gasteiger partial charge on any atom is 0.275 e. The fraction of sp³-hybridized carbons (Fsp3) is 0.200. The highest BCUT2D eigenvalue weighted by Gasteiger charge is 2.14. The van der Waals surface area contributed by atoms with Crippen LogP contribution in [0.2, 0.25) is 5.02 Å². The number of nitrogens with one attached hydrogen (secondary N) is 2. The number of aryl methyl sites for hydroxylation is 1. The number of rotatable bonds is 4. The van der Waals surface area contributed by atoms with E-state index >= 15 is 0 Å². The number of halogens is 2. The first-order chi connectivity index (χ1) is 10.0. The van der Waals surface area contributed by atoms with Crippen molar-refractivity contribution in [3.05, 3.63) is 52.4 Å². The molecule has 0 aliphatic heterocycles. The second-order valence-corrected chi connectivity index (χ2v) is 4.88. The van der Waals surface area contributed by atoms with Gasteiger partial charge in [-0.3, -0.25) is 4.79 Å². The van der Waals surface area contributed by atoms with Crippen LogP contribution in [0.15, 0.2) is 30.3 Å². The zero-order valence-electron chi connectivity index (χ0n) is 11.7. The Hall–Kier alpha value is -2.14. The van der Waals surface area contributed by atoms with Gasteiger partial charge in [0.15, 0.2) is 0 Å². The Balaban J connectivity index is 2.25. The van der Waals surface area contributed by atoms with Crippen molar-refractivity contribution in [3.63, 3.8) is 0 Å². The summed E-state index contributed by atoms with van der Waals surface area (Å²) in [6, 6.07) is 7.45. The molecule has 2 rings (SSSR count). The van der Waals surface area contributed by atoms with E-state index in [9.17, 15) is 9.18 Å². The standard InChI is InChI=1S/C15H15ClFN3O/c1-3-18-13-7-5-11(16)14(20-13)15(21)19-12-6-4-10(17)8-9(12)2/h4-8H,3H2,1-2H3,(H,18,20)(H,19,21). The third kappa shape index (κ3) is 3.70. The maximum atomic E-state index is 13.1. The van der Waals surface area contributed by atoms with Gasteiger partial charge in [-0.1, -0.05) is 11.6 Å². The van der Waals surface area contributed by atoms with E-state index in [0.29, 0.717) is 23.6 Å². The van der Waals surface area contributed by atoms with E-state index in [1.807, 2.05) is 6.92 Å². The molecule has 4 nitrogen and oxygen atoms in total. The number of hydrogen-bond donors (Lipinski definition) is 2. The molecule has 2 aromatic rings. The Morgan fingerprint density at radius 2 is 2.10 bits per heavy atom. The Kier molecular flexibility index (Phi) is 4.75. The number of amides is 1. The molecule has 2 N–H and O–H groups in total. The Morgan fingerprint density at radius 1 is 1.33 bits per heavy atom. The van der Waals surface area contributed by atoms with E-state index in [2.05, 4.69) is 15.6 Å². The summed E-state index contributed by atoms with van der Waals surface area (Å²) in [5.41, 5.74) is 1.27. The van der Waals surface area contributed by atoms with Crippen LogP contribution in [0.1, 0.15) is 23.0 Å². The average Bonchev–Trinajstić information content (AvgIpc) is 2.44. The molecule has 6 heteroatoms. The zero-order chi connectivity index (χ0) is 15.4. The SMILES string of the molecule is CCNc1ccc(Cl)c(C(=O)Nc2ccc(F)cc2C)n1. The molecule has 110 valence electrons. The highest BCUT2D eigenvalue weighted by Crippen LogP contribution is 2.20. The fourth-order valence-electron chi connectivity index (χ4n) is 1.83. The number of aromatic nitrogens is 1. The van der Waals surface area contributed by atoms with Gasteiger partial charge in [0.2, 0.25) is 0 Å². The van der Waals surface area contributed by atoms with Crippen molar-refractivity contribution in [3.8, 4) is 0 Å². The minimum absolute atomic E-state index is 0.124. The lowest BCUT2D eigenvalue weighted by Crippen LogP contribution is -2.16. The van der Waals surface area contributed by atoms with Crippen LogP contribution in [0.5, 0.6) is 0 Å². The molecular formula is C15H15ClFN3O. The predicted octanol–water partition coefficient (Wildman–Crippen LogP) is 3.87. The van der Waals surface area contributed by atoms with Crippen molar-refractivity contribution in [1.82, 2.24) is 4.98 Å².